The molecule has 2 heterocycles. The number of nitrogens with two attached hydrogens (primary N) is 1. The van der Waals surface area contributed by atoms with Gasteiger partial charge in [-0.3, -0.25) is 16.0 Å². The third-order valence-electron chi connectivity index (χ3n) is 3.63. The highest BCUT2D eigenvalue weighted by atomic mass is 35.5. The number of hydrogen-bond donors (Lipinski definition) is 2. The van der Waals surface area contributed by atoms with Crippen molar-refractivity contribution in [2.75, 3.05) is 32.1 Å². The van der Waals surface area contributed by atoms with Crippen molar-refractivity contribution >= 4 is 35.1 Å². The Labute approximate surface area is 140 Å². The molecule has 21 heavy (non-hydrogen) atoms. The van der Waals surface area contributed by atoms with Crippen molar-refractivity contribution < 1.29 is 0 Å². The van der Waals surface area contributed by atoms with Crippen LogP contribution in [-0.2, 0) is 6.54 Å². The minimum absolute atomic E-state index is 0.0231. The van der Waals surface area contributed by atoms with E-state index in [1.54, 1.807) is 6.20 Å². The average Bonchev–Trinajstić information content (AvgIpc) is 2.81. The summed E-state index contributed by atoms with van der Waals surface area (Å²) in [6, 6.07) is 0.0231. The molecule has 120 valence electrons. The number of thioether (sulfide) groups is 2. The van der Waals surface area contributed by atoms with Gasteiger partial charge in [-0.2, -0.15) is 28.6 Å². The topological polar surface area (TPSA) is 59.1 Å². The van der Waals surface area contributed by atoms with Crippen LogP contribution in [-0.4, -0.2) is 57.3 Å². The fourth-order valence-electron chi connectivity index (χ4n) is 2.50. The van der Waals surface area contributed by atoms with Gasteiger partial charge in [0, 0.05) is 28.6 Å². The minimum Gasteiger partial charge on any atom is -0.308 e. The summed E-state index contributed by atoms with van der Waals surface area (Å²) in [4.78, 5) is 2.14. The number of rotatable bonds is 6. The van der Waals surface area contributed by atoms with Gasteiger partial charge in [-0.1, -0.05) is 18.5 Å². The Bertz CT molecular complexity index is 454. The molecule has 5 nitrogen and oxygen atoms in total. The molecular formula is C13H24ClN5S2. The van der Waals surface area contributed by atoms with Gasteiger partial charge in [-0.15, -0.1) is 0 Å². The first-order chi connectivity index (χ1) is 10.0. The number of likely N-dealkylation sites (N-methyl/N-ethyl adjacent to an activating group) is 1. The molecule has 1 aliphatic heterocycles. The molecule has 1 aliphatic rings. The summed E-state index contributed by atoms with van der Waals surface area (Å²) < 4.78 is 1.99. The smallest absolute Gasteiger partial charge is 0.0835 e. The fourth-order valence-corrected chi connectivity index (χ4v) is 5.66. The summed E-state index contributed by atoms with van der Waals surface area (Å²) in [5, 5.41) is 6.06. The first-order valence-electron chi connectivity index (χ1n) is 7.10. The molecule has 0 saturated carbocycles. The first-order valence-corrected chi connectivity index (χ1v) is 9.57. The molecule has 2 rings (SSSR count). The average molecular weight is 350 g/mol. The lowest BCUT2D eigenvalue weighted by molar-refractivity contribution is 0.361. The molecule has 1 aromatic rings. The quantitative estimate of drug-likeness (QED) is 0.603. The van der Waals surface area contributed by atoms with Crippen LogP contribution < -0.4 is 11.3 Å². The van der Waals surface area contributed by atoms with Crippen molar-refractivity contribution in [3.8, 4) is 0 Å². The van der Waals surface area contributed by atoms with Gasteiger partial charge in [0.15, 0.2) is 0 Å². The van der Waals surface area contributed by atoms with Crippen molar-refractivity contribution in [1.29, 1.82) is 0 Å². The van der Waals surface area contributed by atoms with Gasteiger partial charge in [-0.25, -0.2) is 0 Å². The van der Waals surface area contributed by atoms with Crippen LogP contribution in [0.4, 0.5) is 0 Å². The van der Waals surface area contributed by atoms with Crippen molar-refractivity contribution in [1.82, 2.24) is 20.1 Å². The highest BCUT2D eigenvalue weighted by molar-refractivity contribution is 8.07. The summed E-state index contributed by atoms with van der Waals surface area (Å²) in [5.74, 6) is 8.22. The molecule has 0 bridgehead atoms. The molecule has 0 spiro atoms. The van der Waals surface area contributed by atoms with E-state index in [0.717, 1.165) is 24.5 Å². The first kappa shape index (κ1) is 17.4. The Morgan fingerprint density at radius 2 is 2.24 bits per heavy atom. The lowest BCUT2D eigenvalue weighted by Gasteiger charge is -2.34. The summed E-state index contributed by atoms with van der Waals surface area (Å²) in [6.07, 6.45) is 1.72. The molecule has 0 radical (unpaired) electrons. The molecule has 8 heteroatoms. The van der Waals surface area contributed by atoms with Gasteiger partial charge in [0.2, 0.25) is 0 Å². The lowest BCUT2D eigenvalue weighted by atomic mass is 10.1. The SMILES string of the molecule is CC1SCCSC1C(NN)c1c(Cl)cnn1CCN(C)C. The number of nitrogens with one attached hydrogen (secondary N) is 1. The number of hydrazine groups is 1. The van der Waals surface area contributed by atoms with Crippen molar-refractivity contribution in [3.63, 3.8) is 0 Å². The molecule has 0 aliphatic carbocycles. The molecule has 3 atom stereocenters. The molecule has 3 unspecified atom stereocenters. The number of nitrogens with zero attached hydrogens (tertiary/aromatic N) is 3. The molecule has 1 aromatic heterocycles. The van der Waals surface area contributed by atoms with E-state index in [1.165, 1.54) is 5.75 Å². The summed E-state index contributed by atoms with van der Waals surface area (Å²) >= 11 is 10.4. The number of aromatic nitrogens is 2. The minimum atomic E-state index is 0.0231. The highest BCUT2D eigenvalue weighted by Gasteiger charge is 2.34. The Kier molecular flexibility index (Phi) is 6.71. The molecule has 3 N–H and O–H groups in total. The van der Waals surface area contributed by atoms with Crippen LogP contribution in [0.15, 0.2) is 6.20 Å². The van der Waals surface area contributed by atoms with Gasteiger partial charge >= 0.3 is 0 Å². The van der Waals surface area contributed by atoms with Crippen LogP contribution in [0.1, 0.15) is 18.7 Å². The second-order valence-corrected chi connectivity index (χ2v) is 8.64. The number of halogens is 1. The van der Waals surface area contributed by atoms with Crippen molar-refractivity contribution in [3.05, 3.63) is 16.9 Å². The van der Waals surface area contributed by atoms with Crippen molar-refractivity contribution in [2.24, 2.45) is 5.84 Å². The van der Waals surface area contributed by atoms with Gasteiger partial charge in [0.25, 0.3) is 0 Å². The molecule has 0 aromatic carbocycles. The summed E-state index contributed by atoms with van der Waals surface area (Å²) in [5.41, 5.74) is 3.99. The monoisotopic (exact) mass is 349 g/mol. The number of hydrogen-bond acceptors (Lipinski definition) is 6. The van der Waals surface area contributed by atoms with Crippen LogP contribution in [0.25, 0.3) is 0 Å². The zero-order chi connectivity index (χ0) is 15.4. The van der Waals surface area contributed by atoms with E-state index >= 15 is 0 Å². The van der Waals surface area contributed by atoms with E-state index in [2.05, 4.69) is 36.4 Å². The maximum absolute atomic E-state index is 6.39. The van der Waals surface area contributed by atoms with Gasteiger partial charge in [-0.05, 0) is 14.1 Å². The maximum atomic E-state index is 6.39. The fraction of sp³-hybridized carbons (Fsp3) is 0.769. The van der Waals surface area contributed by atoms with Gasteiger partial charge < -0.3 is 4.90 Å². The summed E-state index contributed by atoms with van der Waals surface area (Å²) in [6.45, 7) is 4.00. The molecule has 1 fully saturated rings. The van der Waals surface area contributed by atoms with E-state index < -0.39 is 0 Å². The van der Waals surface area contributed by atoms with E-state index in [-0.39, 0.29) is 6.04 Å². The predicted octanol–water partition coefficient (Wildman–Crippen LogP) is 1.84. The van der Waals surface area contributed by atoms with Crippen LogP contribution >= 0.6 is 35.1 Å². The van der Waals surface area contributed by atoms with Crippen LogP contribution in [0, 0.1) is 0 Å². The molecule has 1 saturated heterocycles. The highest BCUT2D eigenvalue weighted by Crippen LogP contribution is 2.39. The van der Waals surface area contributed by atoms with Gasteiger partial charge in [0.05, 0.1) is 29.5 Å². The standard InChI is InChI=1S/C13H24ClN5S2/c1-9-13(21-7-6-20-9)11(17-15)12-10(14)8-16-19(12)5-4-18(2)3/h8-9,11,13,17H,4-7,15H2,1-3H3. The van der Waals surface area contributed by atoms with Crippen LogP contribution in [0.3, 0.4) is 0 Å². The Balaban J connectivity index is 2.22. The van der Waals surface area contributed by atoms with Crippen LogP contribution in [0.5, 0.6) is 0 Å². The Hall–Kier alpha value is 0.0800. The predicted molar refractivity (Wildman–Crippen MR) is 94.0 cm³/mol. The van der Waals surface area contributed by atoms with E-state index in [9.17, 15) is 0 Å². The Morgan fingerprint density at radius 1 is 1.52 bits per heavy atom. The molecular weight excluding hydrogens is 326 g/mol. The van der Waals surface area contributed by atoms with E-state index in [4.69, 9.17) is 17.4 Å². The van der Waals surface area contributed by atoms with Gasteiger partial charge in [0.1, 0.15) is 0 Å². The maximum Gasteiger partial charge on any atom is 0.0835 e. The largest absolute Gasteiger partial charge is 0.308 e. The van der Waals surface area contributed by atoms with E-state index in [0.29, 0.717) is 15.5 Å². The normalized spacial score (nSPS) is 24.5. The van der Waals surface area contributed by atoms with Crippen LogP contribution in [0.2, 0.25) is 5.02 Å². The molecule has 0 amide bonds. The third kappa shape index (κ3) is 4.30. The third-order valence-corrected chi connectivity index (χ3v) is 7.12. The second-order valence-electron chi connectivity index (χ2n) is 5.46. The second kappa shape index (κ2) is 8.08. The lowest BCUT2D eigenvalue weighted by Crippen LogP contribution is -2.42. The van der Waals surface area contributed by atoms with Crippen molar-refractivity contribution in [2.45, 2.75) is 30.0 Å². The Morgan fingerprint density at radius 3 is 2.86 bits per heavy atom. The van der Waals surface area contributed by atoms with E-state index in [1.807, 2.05) is 28.2 Å². The zero-order valence-corrected chi connectivity index (χ0v) is 15.1. The zero-order valence-electron chi connectivity index (χ0n) is 12.8. The summed E-state index contributed by atoms with van der Waals surface area (Å²) in [7, 11) is 4.11.